The smallest absolute Gasteiger partial charge is 0.510 e. The summed E-state index contributed by atoms with van der Waals surface area (Å²) in [6.45, 7) is 11.1. The first-order valence-electron chi connectivity index (χ1n) is 17.1. The molecular weight excluding hydrogens is 789 g/mol. The van der Waals surface area contributed by atoms with Crippen LogP contribution in [-0.2, 0) is 20.1 Å². The molecule has 0 saturated heterocycles. The Morgan fingerprint density at radius 3 is 1.90 bits per heavy atom. The summed E-state index contributed by atoms with van der Waals surface area (Å²) in [4.78, 5) is 9.39. The van der Waals surface area contributed by atoms with E-state index in [2.05, 4.69) is 129 Å². The predicted molar refractivity (Wildman–Crippen MR) is 207 cm³/mol. The van der Waals surface area contributed by atoms with Gasteiger partial charge in [0, 0.05) is 22.7 Å². The van der Waals surface area contributed by atoms with E-state index >= 15 is 0 Å². The second kappa shape index (κ2) is 13.7. The van der Waals surface area contributed by atoms with Crippen LogP contribution in [0.15, 0.2) is 128 Å². The van der Waals surface area contributed by atoms with Crippen molar-refractivity contribution in [1.29, 1.82) is 0 Å². The molecular formula is C45H39IrN4. The predicted octanol–water partition coefficient (Wildman–Crippen LogP) is 11.5. The van der Waals surface area contributed by atoms with Gasteiger partial charge in [-0.15, -0.1) is 35.3 Å². The topological polar surface area (TPSA) is 23.8 Å². The minimum Gasteiger partial charge on any atom is -0.510 e. The summed E-state index contributed by atoms with van der Waals surface area (Å²) in [5.41, 5.74) is 8.26. The van der Waals surface area contributed by atoms with Crippen LogP contribution in [0, 0.1) is 18.8 Å². The average Bonchev–Trinajstić information content (AvgIpc) is 3.79. The minimum atomic E-state index is 0. The van der Waals surface area contributed by atoms with Gasteiger partial charge in [0.15, 0.2) is 0 Å². The zero-order chi connectivity index (χ0) is 33.6. The molecule has 3 heterocycles. The third-order valence-corrected chi connectivity index (χ3v) is 9.57. The number of fused-ring (bicyclic) bond motifs is 11. The fraction of sp³-hybridized carbons (Fsp3) is 0.156. The first-order valence-corrected chi connectivity index (χ1v) is 17.1. The van der Waals surface area contributed by atoms with Crippen LogP contribution < -0.4 is 4.90 Å². The van der Waals surface area contributed by atoms with Crippen LogP contribution in [0.1, 0.15) is 50.7 Å². The molecule has 6 aromatic carbocycles. The van der Waals surface area contributed by atoms with Crippen LogP contribution in [0.3, 0.4) is 0 Å². The molecule has 0 spiro atoms. The molecule has 248 valence electrons. The summed E-state index contributed by atoms with van der Waals surface area (Å²) in [5, 5.41) is 8.59. The largest absolute Gasteiger partial charge is 3.00 e. The van der Waals surface area contributed by atoms with E-state index in [0.717, 1.165) is 22.4 Å². The van der Waals surface area contributed by atoms with E-state index in [1.165, 1.54) is 54.5 Å². The molecule has 0 atom stereocenters. The van der Waals surface area contributed by atoms with E-state index in [1.54, 1.807) is 0 Å². The van der Waals surface area contributed by atoms with Crippen LogP contribution in [-0.4, -0.2) is 21.3 Å². The Labute approximate surface area is 308 Å². The van der Waals surface area contributed by atoms with Crippen LogP contribution in [0.4, 0.5) is 5.69 Å². The molecule has 50 heavy (non-hydrogen) atoms. The maximum Gasteiger partial charge on any atom is 3.00 e. The Morgan fingerprint density at radius 1 is 0.640 bits per heavy atom. The van der Waals surface area contributed by atoms with Gasteiger partial charge in [-0.3, -0.25) is 4.98 Å². The second-order valence-corrected chi connectivity index (χ2v) is 13.4. The van der Waals surface area contributed by atoms with Gasteiger partial charge in [0.1, 0.15) is 0 Å². The van der Waals surface area contributed by atoms with E-state index in [0.29, 0.717) is 11.8 Å². The first-order chi connectivity index (χ1) is 23.9. The van der Waals surface area contributed by atoms with Crippen molar-refractivity contribution >= 4 is 54.6 Å². The SMILES string of the molecule is CC(C)c1cccc(C(C)C)c1-c1cn2c(n1)c1[c-]cccc1c1c3ccccc3c3ccccc3c12.CN1C=CN(c2[c-]cccc2)[CH-]1.[Ir+3]. The van der Waals surface area contributed by atoms with Crippen molar-refractivity contribution in [2.24, 2.45) is 0 Å². The number of para-hydroxylation sites is 1. The van der Waals surface area contributed by atoms with Gasteiger partial charge in [-0.2, -0.15) is 37.0 Å². The number of hydrogen-bond donors (Lipinski definition) is 0. The van der Waals surface area contributed by atoms with Gasteiger partial charge in [-0.25, -0.2) is 0 Å². The van der Waals surface area contributed by atoms with Gasteiger partial charge in [0.2, 0.25) is 0 Å². The molecule has 0 radical (unpaired) electrons. The average molecular weight is 828 g/mol. The fourth-order valence-corrected chi connectivity index (χ4v) is 7.31. The van der Waals surface area contributed by atoms with Crippen LogP contribution in [0.25, 0.3) is 60.1 Å². The zero-order valence-corrected chi connectivity index (χ0v) is 31.4. The molecule has 0 amide bonds. The molecule has 0 aliphatic carbocycles. The van der Waals surface area contributed by atoms with E-state index in [4.69, 9.17) is 4.98 Å². The number of rotatable bonds is 4. The number of pyridine rings is 1. The molecule has 0 N–H and O–H groups in total. The van der Waals surface area contributed by atoms with E-state index in [1.807, 2.05) is 66.2 Å². The quantitative estimate of drug-likeness (QED) is 0.130. The summed E-state index contributed by atoms with van der Waals surface area (Å²) in [7, 11) is 2.00. The van der Waals surface area contributed by atoms with E-state index in [-0.39, 0.29) is 20.1 Å². The van der Waals surface area contributed by atoms with Crippen LogP contribution in [0.5, 0.6) is 0 Å². The van der Waals surface area contributed by atoms with Gasteiger partial charge < -0.3 is 14.2 Å². The molecule has 1 aliphatic rings. The molecule has 0 saturated carbocycles. The minimum absolute atomic E-state index is 0. The van der Waals surface area contributed by atoms with Crippen molar-refractivity contribution in [2.75, 3.05) is 11.9 Å². The summed E-state index contributed by atoms with van der Waals surface area (Å²) >= 11 is 0. The van der Waals surface area contributed by atoms with Crippen molar-refractivity contribution in [3.8, 4) is 11.3 Å². The fourth-order valence-electron chi connectivity index (χ4n) is 7.31. The molecule has 9 rings (SSSR count). The zero-order valence-electron chi connectivity index (χ0n) is 29.0. The molecule has 1 aliphatic heterocycles. The van der Waals surface area contributed by atoms with Gasteiger partial charge in [0.25, 0.3) is 0 Å². The number of nitrogens with zero attached hydrogens (tertiary/aromatic N) is 4. The molecule has 0 unspecified atom stereocenters. The van der Waals surface area contributed by atoms with Crippen molar-refractivity contribution in [3.05, 3.63) is 158 Å². The summed E-state index contributed by atoms with van der Waals surface area (Å²) in [6, 6.07) is 45.2. The van der Waals surface area contributed by atoms with Gasteiger partial charge in [-0.1, -0.05) is 99.8 Å². The molecule has 2 aromatic heterocycles. The monoisotopic (exact) mass is 828 g/mol. The maximum absolute atomic E-state index is 5.37. The van der Waals surface area contributed by atoms with Gasteiger partial charge in [0.05, 0.1) is 11.3 Å². The summed E-state index contributed by atoms with van der Waals surface area (Å²) in [6.07, 6.45) is 6.28. The first kappa shape index (κ1) is 33.5. The van der Waals surface area contributed by atoms with E-state index < -0.39 is 0 Å². The molecule has 5 heteroatoms. The van der Waals surface area contributed by atoms with Crippen molar-refractivity contribution < 1.29 is 20.1 Å². The molecule has 8 aromatic rings. The Bertz CT molecular complexity index is 2480. The third kappa shape index (κ3) is 5.75. The summed E-state index contributed by atoms with van der Waals surface area (Å²) in [5.74, 6) is 0.812. The van der Waals surface area contributed by atoms with Crippen LogP contribution in [0.2, 0.25) is 0 Å². The third-order valence-electron chi connectivity index (χ3n) is 9.57. The molecule has 0 fully saturated rings. The van der Waals surface area contributed by atoms with E-state index in [9.17, 15) is 0 Å². The number of hydrogen-bond acceptors (Lipinski definition) is 3. The molecule has 4 nitrogen and oxygen atoms in total. The second-order valence-electron chi connectivity index (χ2n) is 13.4. The Hall–Kier alpha value is -4.96. The van der Waals surface area contributed by atoms with Crippen LogP contribution >= 0.6 is 0 Å². The number of benzene rings is 6. The number of anilines is 1. The Kier molecular flexibility index (Phi) is 9.22. The van der Waals surface area contributed by atoms with Crippen molar-refractivity contribution in [3.63, 3.8) is 0 Å². The normalized spacial score (nSPS) is 12.9. The number of imidazole rings is 1. The Morgan fingerprint density at radius 2 is 1.26 bits per heavy atom. The van der Waals surface area contributed by atoms with Crippen molar-refractivity contribution in [2.45, 2.75) is 39.5 Å². The molecule has 0 bridgehead atoms. The standard InChI is InChI=1S/C35H29N2.C10H10N2.Ir/c1-21(2)23-18-11-19-24(22(3)4)32(23)31-20-37-34-29-16-9-6-13-26(29)25-12-5-7-14-27(25)33(34)28-15-8-10-17-30(28)35(37)36-31;1-11-7-8-12(9-11)10-5-3-2-4-6-10;/h5-16,18-22H,1-4H3;2-5,7-9H,1H3;/q-1;-2;+3. The van der Waals surface area contributed by atoms with Gasteiger partial charge in [-0.05, 0) is 64.0 Å². The Balaban J connectivity index is 0.000000255. The number of aromatic nitrogens is 2. The maximum atomic E-state index is 5.37. The van der Waals surface area contributed by atoms with Crippen molar-refractivity contribution in [1.82, 2.24) is 14.3 Å². The van der Waals surface area contributed by atoms with Gasteiger partial charge >= 0.3 is 20.1 Å². The summed E-state index contributed by atoms with van der Waals surface area (Å²) < 4.78 is 2.33.